The molecular weight excluding hydrogens is 282 g/mol. The Kier molecular flexibility index (Phi) is 4.80. The number of carboxylic acids is 1. The van der Waals surface area contributed by atoms with Crippen LogP contribution in [0.1, 0.15) is 49.8 Å². The predicted octanol–water partition coefficient (Wildman–Crippen LogP) is 3.12. The summed E-state index contributed by atoms with van der Waals surface area (Å²) in [7, 11) is 0. The Morgan fingerprint density at radius 3 is 2.36 bits per heavy atom. The van der Waals surface area contributed by atoms with Gasteiger partial charge in [0.2, 0.25) is 0 Å². The maximum absolute atomic E-state index is 11.2. The Balaban J connectivity index is 2.30. The van der Waals surface area contributed by atoms with Crippen LogP contribution in [0, 0.1) is 5.92 Å². The minimum Gasteiger partial charge on any atom is -0.493 e. The zero-order chi connectivity index (χ0) is 16.3. The molecule has 0 fully saturated rings. The van der Waals surface area contributed by atoms with Crippen molar-refractivity contribution in [2.45, 2.75) is 33.6 Å². The molecule has 0 unspecified atom stereocenters. The smallest absolute Gasteiger partial charge is 0.358 e. The monoisotopic (exact) mass is 303 g/mol. The molecule has 0 aliphatic heterocycles. The van der Waals surface area contributed by atoms with Gasteiger partial charge >= 0.3 is 5.97 Å². The van der Waals surface area contributed by atoms with Gasteiger partial charge < -0.3 is 9.84 Å². The van der Waals surface area contributed by atoms with E-state index in [1.165, 1.54) is 0 Å². The number of aromatic carboxylic acids is 1. The molecular formula is C16H21N3O3. The molecule has 118 valence electrons. The number of aromatic nitrogens is 3. The molecule has 1 aromatic heterocycles. The first-order chi connectivity index (χ1) is 10.4. The summed E-state index contributed by atoms with van der Waals surface area (Å²) >= 11 is 0. The Morgan fingerprint density at radius 1 is 1.23 bits per heavy atom. The van der Waals surface area contributed by atoms with E-state index in [0.29, 0.717) is 18.2 Å². The zero-order valence-corrected chi connectivity index (χ0v) is 13.3. The van der Waals surface area contributed by atoms with Gasteiger partial charge in [0.05, 0.1) is 18.0 Å². The molecule has 0 saturated carbocycles. The molecule has 0 aliphatic carbocycles. The van der Waals surface area contributed by atoms with Crippen molar-refractivity contribution in [1.82, 2.24) is 15.0 Å². The van der Waals surface area contributed by atoms with E-state index in [9.17, 15) is 9.90 Å². The number of hydrogen-bond acceptors (Lipinski definition) is 4. The molecule has 0 amide bonds. The van der Waals surface area contributed by atoms with Gasteiger partial charge in [-0.3, -0.25) is 0 Å². The van der Waals surface area contributed by atoms with Gasteiger partial charge in [-0.15, -0.1) is 5.10 Å². The number of rotatable bonds is 6. The maximum atomic E-state index is 11.2. The van der Waals surface area contributed by atoms with Crippen LogP contribution >= 0.6 is 0 Å². The lowest BCUT2D eigenvalue weighted by Gasteiger charge is -2.11. The third-order valence-corrected chi connectivity index (χ3v) is 3.12. The van der Waals surface area contributed by atoms with Gasteiger partial charge in [0.15, 0.2) is 5.69 Å². The molecule has 1 heterocycles. The third kappa shape index (κ3) is 3.44. The van der Waals surface area contributed by atoms with Crippen molar-refractivity contribution < 1.29 is 14.6 Å². The molecule has 0 atom stereocenters. The quantitative estimate of drug-likeness (QED) is 0.887. The molecule has 6 nitrogen and oxygen atoms in total. The molecule has 0 bridgehead atoms. The average molecular weight is 303 g/mol. The van der Waals surface area contributed by atoms with Crippen LogP contribution in [-0.4, -0.2) is 32.7 Å². The van der Waals surface area contributed by atoms with Gasteiger partial charge in [0, 0.05) is 0 Å². The summed E-state index contributed by atoms with van der Waals surface area (Å²) in [6.07, 6.45) is 0. The average Bonchev–Trinajstić information content (AvgIpc) is 2.91. The largest absolute Gasteiger partial charge is 0.493 e. The minimum atomic E-state index is -1.06. The van der Waals surface area contributed by atoms with Crippen LogP contribution in [0.3, 0.4) is 0 Å². The van der Waals surface area contributed by atoms with Crippen molar-refractivity contribution in [2.24, 2.45) is 5.92 Å². The van der Waals surface area contributed by atoms with Gasteiger partial charge in [0.1, 0.15) is 5.75 Å². The summed E-state index contributed by atoms with van der Waals surface area (Å²) in [5.74, 6) is 0.174. The van der Waals surface area contributed by atoms with Gasteiger partial charge in [-0.05, 0) is 36.1 Å². The Bertz CT molecular complexity index is 645. The lowest BCUT2D eigenvalue weighted by atomic mass is 10.1. The highest BCUT2D eigenvalue weighted by atomic mass is 16.5. The number of carboxylic acid groups (broad SMARTS) is 1. The SMILES string of the molecule is CC(C)COc1ccc(-n2nnc(C(=O)O)c2C(C)C)cc1. The highest BCUT2D eigenvalue weighted by molar-refractivity contribution is 5.86. The molecule has 0 radical (unpaired) electrons. The van der Waals surface area contributed by atoms with Crippen molar-refractivity contribution in [2.75, 3.05) is 6.61 Å². The topological polar surface area (TPSA) is 77.2 Å². The molecule has 1 N–H and O–H groups in total. The summed E-state index contributed by atoms with van der Waals surface area (Å²) in [5.41, 5.74) is 1.35. The van der Waals surface area contributed by atoms with Gasteiger partial charge in [-0.1, -0.05) is 32.9 Å². The van der Waals surface area contributed by atoms with E-state index in [0.717, 1.165) is 11.4 Å². The van der Waals surface area contributed by atoms with Crippen molar-refractivity contribution in [1.29, 1.82) is 0 Å². The van der Waals surface area contributed by atoms with E-state index in [2.05, 4.69) is 24.2 Å². The van der Waals surface area contributed by atoms with Crippen molar-refractivity contribution >= 4 is 5.97 Å². The van der Waals surface area contributed by atoms with E-state index in [4.69, 9.17) is 4.74 Å². The van der Waals surface area contributed by atoms with Crippen LogP contribution in [0.2, 0.25) is 0 Å². The van der Waals surface area contributed by atoms with Crippen molar-refractivity contribution in [3.63, 3.8) is 0 Å². The summed E-state index contributed by atoms with van der Waals surface area (Å²) < 4.78 is 7.21. The van der Waals surface area contributed by atoms with E-state index < -0.39 is 5.97 Å². The molecule has 0 aliphatic rings. The van der Waals surface area contributed by atoms with Crippen molar-refractivity contribution in [3.05, 3.63) is 35.7 Å². The molecule has 0 spiro atoms. The first-order valence-electron chi connectivity index (χ1n) is 7.32. The summed E-state index contributed by atoms with van der Waals surface area (Å²) in [5, 5.41) is 17.0. The number of carbonyl (C=O) groups is 1. The standard InChI is InChI=1S/C16H21N3O3/c1-10(2)9-22-13-7-5-12(6-8-13)19-15(11(3)4)14(16(20)21)17-18-19/h5-8,10-11H,9H2,1-4H3,(H,20,21). The second-order valence-electron chi connectivity index (χ2n) is 5.89. The second kappa shape index (κ2) is 6.60. The van der Waals surface area contributed by atoms with Crippen LogP contribution in [0.5, 0.6) is 5.75 Å². The Hall–Kier alpha value is -2.37. The molecule has 1 aromatic carbocycles. The third-order valence-electron chi connectivity index (χ3n) is 3.12. The summed E-state index contributed by atoms with van der Waals surface area (Å²) in [6, 6.07) is 7.40. The number of benzene rings is 1. The summed E-state index contributed by atoms with van der Waals surface area (Å²) in [6.45, 7) is 8.67. The second-order valence-corrected chi connectivity index (χ2v) is 5.89. The molecule has 0 saturated heterocycles. The van der Waals surface area contributed by atoms with E-state index in [1.54, 1.807) is 4.68 Å². The maximum Gasteiger partial charge on any atom is 0.358 e. The molecule has 6 heteroatoms. The highest BCUT2D eigenvalue weighted by Gasteiger charge is 2.22. The Labute approximate surface area is 129 Å². The van der Waals surface area contributed by atoms with Crippen LogP contribution in [0.15, 0.2) is 24.3 Å². The van der Waals surface area contributed by atoms with E-state index >= 15 is 0 Å². The number of nitrogens with zero attached hydrogens (tertiary/aromatic N) is 3. The van der Waals surface area contributed by atoms with E-state index in [1.807, 2.05) is 38.1 Å². The molecule has 2 aromatic rings. The number of hydrogen-bond donors (Lipinski definition) is 1. The molecule has 22 heavy (non-hydrogen) atoms. The normalized spacial score (nSPS) is 11.2. The fourth-order valence-electron chi connectivity index (χ4n) is 2.10. The van der Waals surface area contributed by atoms with Crippen molar-refractivity contribution in [3.8, 4) is 11.4 Å². The van der Waals surface area contributed by atoms with Gasteiger partial charge in [-0.25, -0.2) is 9.48 Å². The van der Waals surface area contributed by atoms with E-state index in [-0.39, 0.29) is 11.6 Å². The predicted molar refractivity (Wildman–Crippen MR) is 82.7 cm³/mol. The van der Waals surface area contributed by atoms with Crippen LogP contribution in [0.25, 0.3) is 5.69 Å². The lowest BCUT2D eigenvalue weighted by Crippen LogP contribution is -2.08. The first-order valence-corrected chi connectivity index (χ1v) is 7.32. The van der Waals surface area contributed by atoms with Crippen LogP contribution in [-0.2, 0) is 0 Å². The fourth-order valence-corrected chi connectivity index (χ4v) is 2.10. The lowest BCUT2D eigenvalue weighted by molar-refractivity contribution is 0.0688. The van der Waals surface area contributed by atoms with Crippen LogP contribution in [0.4, 0.5) is 0 Å². The van der Waals surface area contributed by atoms with Gasteiger partial charge in [-0.2, -0.15) is 0 Å². The number of ether oxygens (including phenoxy) is 1. The van der Waals surface area contributed by atoms with Crippen LogP contribution < -0.4 is 4.74 Å². The minimum absolute atomic E-state index is 0.00188. The summed E-state index contributed by atoms with van der Waals surface area (Å²) in [4.78, 5) is 11.2. The molecule has 2 rings (SSSR count). The van der Waals surface area contributed by atoms with Gasteiger partial charge in [0.25, 0.3) is 0 Å². The zero-order valence-electron chi connectivity index (χ0n) is 13.3. The highest BCUT2D eigenvalue weighted by Crippen LogP contribution is 2.23. The fraction of sp³-hybridized carbons (Fsp3) is 0.438. The Morgan fingerprint density at radius 2 is 1.86 bits per heavy atom. The first kappa shape index (κ1) is 16.0.